The van der Waals surface area contributed by atoms with Gasteiger partial charge in [0.25, 0.3) is 5.91 Å². The highest BCUT2D eigenvalue weighted by Gasteiger charge is 2.42. The largest absolute Gasteiger partial charge is 0.504 e. The van der Waals surface area contributed by atoms with Gasteiger partial charge in [0.1, 0.15) is 6.26 Å². The Morgan fingerprint density at radius 2 is 1.97 bits per heavy atom. The van der Waals surface area contributed by atoms with Gasteiger partial charge in [-0.3, -0.25) is 9.63 Å². The van der Waals surface area contributed by atoms with Crippen LogP contribution in [0.15, 0.2) is 59.2 Å². The molecule has 7 nitrogen and oxygen atoms in total. The second-order valence-electron chi connectivity index (χ2n) is 6.18. The number of benzene rings is 2. The van der Waals surface area contributed by atoms with E-state index in [9.17, 15) is 23.1 Å². The van der Waals surface area contributed by atoms with Crippen molar-refractivity contribution in [1.29, 1.82) is 0 Å². The first kappa shape index (κ1) is 21.2. The third-order valence-corrected chi connectivity index (χ3v) is 4.07. The molecule has 3 aromatic rings. The number of methoxy groups -OCH3 is 1. The molecule has 1 heterocycles. The van der Waals surface area contributed by atoms with Crippen LogP contribution in [0.2, 0.25) is 0 Å². The zero-order chi connectivity index (χ0) is 21.7. The average molecular weight is 422 g/mol. The Balaban J connectivity index is 1.70. The van der Waals surface area contributed by atoms with Gasteiger partial charge in [-0.25, -0.2) is 10.5 Å². The molecule has 1 aromatic heterocycles. The number of nitrogens with zero attached hydrogens (tertiary/aromatic N) is 1. The predicted octanol–water partition coefficient (Wildman–Crippen LogP) is 3.89. The summed E-state index contributed by atoms with van der Waals surface area (Å²) >= 11 is 0. The molecule has 158 valence electrons. The molecule has 0 fully saturated rings. The van der Waals surface area contributed by atoms with E-state index in [1.807, 2.05) is 5.48 Å². The second-order valence-corrected chi connectivity index (χ2v) is 6.18. The molecule has 0 bridgehead atoms. The third-order valence-electron chi connectivity index (χ3n) is 4.07. The number of hydrogen-bond donors (Lipinski definition) is 2. The van der Waals surface area contributed by atoms with E-state index < -0.39 is 24.6 Å². The highest BCUT2D eigenvalue weighted by Crippen LogP contribution is 2.32. The minimum Gasteiger partial charge on any atom is -0.504 e. The van der Waals surface area contributed by atoms with Crippen LogP contribution < -0.4 is 10.2 Å². The van der Waals surface area contributed by atoms with Crippen LogP contribution >= 0.6 is 0 Å². The van der Waals surface area contributed by atoms with E-state index >= 15 is 0 Å². The Bertz CT molecular complexity index is 1010. The van der Waals surface area contributed by atoms with E-state index in [-0.39, 0.29) is 28.6 Å². The molecule has 0 radical (unpaired) electrons. The number of carbonyl (C=O) groups is 1. The van der Waals surface area contributed by atoms with E-state index in [0.717, 1.165) is 6.26 Å². The maximum Gasteiger partial charge on any atom is 0.417 e. The first-order chi connectivity index (χ1) is 14.3. The van der Waals surface area contributed by atoms with Crippen LogP contribution in [0.3, 0.4) is 0 Å². The number of rotatable bonds is 7. The van der Waals surface area contributed by atoms with Crippen molar-refractivity contribution in [3.8, 4) is 23.0 Å². The molecule has 0 saturated heterocycles. The Morgan fingerprint density at radius 1 is 1.23 bits per heavy atom. The summed E-state index contributed by atoms with van der Waals surface area (Å²) in [6.45, 7) is 0. The number of hydrogen-bond acceptors (Lipinski definition) is 6. The van der Waals surface area contributed by atoms with Gasteiger partial charge < -0.3 is 14.3 Å². The summed E-state index contributed by atoms with van der Waals surface area (Å²) in [6, 6.07) is 12.0. The van der Waals surface area contributed by atoms with Crippen LogP contribution in [-0.4, -0.2) is 35.4 Å². The minimum atomic E-state index is -4.76. The van der Waals surface area contributed by atoms with Gasteiger partial charge in [0, 0.05) is 17.5 Å². The number of phenols is 1. The average Bonchev–Trinajstić information content (AvgIpc) is 3.19. The summed E-state index contributed by atoms with van der Waals surface area (Å²) in [4.78, 5) is 20.6. The van der Waals surface area contributed by atoms with Crippen LogP contribution in [0.1, 0.15) is 16.1 Å². The lowest BCUT2D eigenvalue weighted by molar-refractivity contribution is -0.232. The first-order valence-corrected chi connectivity index (χ1v) is 8.67. The molecule has 2 N–H and O–H groups in total. The number of amides is 1. The fourth-order valence-corrected chi connectivity index (χ4v) is 2.54. The second kappa shape index (κ2) is 8.87. The summed E-state index contributed by atoms with van der Waals surface area (Å²) in [7, 11) is 1.38. The minimum absolute atomic E-state index is 0.0113. The molecular formula is C20H17F3N2O5. The van der Waals surface area contributed by atoms with Gasteiger partial charge in [0.05, 0.1) is 12.8 Å². The van der Waals surface area contributed by atoms with Crippen LogP contribution in [0, 0.1) is 0 Å². The number of carbonyl (C=O) groups excluding carboxylic acids is 1. The molecule has 10 heteroatoms. The van der Waals surface area contributed by atoms with Gasteiger partial charge in [0.15, 0.2) is 17.6 Å². The Labute approximate surface area is 169 Å². The van der Waals surface area contributed by atoms with Crippen LogP contribution in [0.4, 0.5) is 13.2 Å². The molecule has 2 aromatic carbocycles. The number of aromatic hydroxyl groups is 1. The summed E-state index contributed by atoms with van der Waals surface area (Å²) in [6.07, 6.45) is -6.74. The van der Waals surface area contributed by atoms with Crippen LogP contribution in [0.5, 0.6) is 11.5 Å². The number of nitrogens with one attached hydrogen (secondary N) is 1. The molecule has 1 unspecified atom stereocenters. The van der Waals surface area contributed by atoms with Gasteiger partial charge in [-0.2, -0.15) is 13.2 Å². The molecule has 30 heavy (non-hydrogen) atoms. The van der Waals surface area contributed by atoms with E-state index in [2.05, 4.69) is 9.82 Å². The van der Waals surface area contributed by atoms with E-state index in [4.69, 9.17) is 9.15 Å². The number of alkyl halides is 3. The van der Waals surface area contributed by atoms with Crippen molar-refractivity contribution in [2.45, 2.75) is 18.7 Å². The smallest absolute Gasteiger partial charge is 0.417 e. The monoisotopic (exact) mass is 422 g/mol. The van der Waals surface area contributed by atoms with E-state index in [1.165, 1.54) is 37.4 Å². The Hall–Kier alpha value is -3.53. The molecule has 0 saturated carbocycles. The van der Waals surface area contributed by atoms with Gasteiger partial charge in [-0.1, -0.05) is 18.2 Å². The zero-order valence-electron chi connectivity index (χ0n) is 15.6. The number of ether oxygens (including phenoxy) is 1. The van der Waals surface area contributed by atoms with Crippen molar-refractivity contribution in [2.75, 3.05) is 7.11 Å². The fourth-order valence-electron chi connectivity index (χ4n) is 2.54. The van der Waals surface area contributed by atoms with Crippen LogP contribution in [-0.2, 0) is 11.3 Å². The number of hydroxylamine groups is 1. The lowest BCUT2D eigenvalue weighted by Gasteiger charge is -2.19. The Morgan fingerprint density at radius 3 is 2.60 bits per heavy atom. The van der Waals surface area contributed by atoms with Crippen molar-refractivity contribution >= 4 is 5.91 Å². The van der Waals surface area contributed by atoms with Gasteiger partial charge in [0.2, 0.25) is 5.89 Å². The van der Waals surface area contributed by atoms with Crippen molar-refractivity contribution in [3.05, 3.63) is 66.1 Å². The molecule has 1 atom stereocenters. The number of phenolic OH excluding ortho intramolecular Hbond substituents is 1. The zero-order valence-corrected chi connectivity index (χ0v) is 15.6. The molecule has 0 aliphatic carbocycles. The van der Waals surface area contributed by atoms with Gasteiger partial charge >= 0.3 is 6.18 Å². The summed E-state index contributed by atoms with van der Waals surface area (Å²) < 4.78 is 50.2. The first-order valence-electron chi connectivity index (χ1n) is 8.67. The highest BCUT2D eigenvalue weighted by atomic mass is 19.4. The lowest BCUT2D eigenvalue weighted by Crippen LogP contribution is -2.40. The molecule has 1 amide bonds. The summed E-state index contributed by atoms with van der Waals surface area (Å²) in [5.74, 6) is -0.739. The number of halogens is 3. The maximum atomic E-state index is 13.3. The lowest BCUT2D eigenvalue weighted by atomic mass is 10.2. The van der Waals surface area contributed by atoms with Crippen molar-refractivity contribution < 1.29 is 37.1 Å². The van der Waals surface area contributed by atoms with Gasteiger partial charge in [-0.15, -0.1) is 0 Å². The molecule has 0 aliphatic rings. The molecule has 0 spiro atoms. The molecular weight excluding hydrogens is 405 g/mol. The summed E-state index contributed by atoms with van der Waals surface area (Å²) in [5.41, 5.74) is 2.28. The fraction of sp³-hybridized carbons (Fsp3) is 0.200. The number of aromatic nitrogens is 1. The van der Waals surface area contributed by atoms with Crippen LogP contribution in [0.25, 0.3) is 11.5 Å². The van der Waals surface area contributed by atoms with Crippen molar-refractivity contribution in [1.82, 2.24) is 10.5 Å². The quantitative estimate of drug-likeness (QED) is 0.561. The standard InChI is InChI=1S/C20H17F3N2O5/c1-28-16-8-7-13(9-15(16)26)19-24-14(11-29-19)10-17(20(21,22)23)30-25-18(27)12-5-3-2-4-6-12/h2-9,11,17,26H,10H2,1H3,(H,25,27). The molecule has 0 aliphatic heterocycles. The van der Waals surface area contributed by atoms with E-state index in [0.29, 0.717) is 5.56 Å². The highest BCUT2D eigenvalue weighted by molar-refractivity contribution is 5.93. The topological polar surface area (TPSA) is 93.8 Å². The predicted molar refractivity (Wildman–Crippen MR) is 98.7 cm³/mol. The van der Waals surface area contributed by atoms with Crippen molar-refractivity contribution in [3.63, 3.8) is 0 Å². The maximum absolute atomic E-state index is 13.3. The summed E-state index contributed by atoms with van der Waals surface area (Å²) in [5, 5.41) is 9.82. The number of oxazole rings is 1. The normalized spacial score (nSPS) is 12.4. The van der Waals surface area contributed by atoms with E-state index in [1.54, 1.807) is 18.2 Å². The van der Waals surface area contributed by atoms with Crippen molar-refractivity contribution in [2.24, 2.45) is 0 Å². The third kappa shape index (κ3) is 5.09. The molecule has 3 rings (SSSR count). The SMILES string of the molecule is COc1ccc(-c2nc(CC(ONC(=O)c3ccccc3)C(F)(F)F)co2)cc1O. The van der Waals surface area contributed by atoms with Gasteiger partial charge in [-0.05, 0) is 30.3 Å². The Kier molecular flexibility index (Phi) is 6.26.